The summed E-state index contributed by atoms with van der Waals surface area (Å²) in [5.74, 6) is 1.29. The zero-order chi connectivity index (χ0) is 14.6. The summed E-state index contributed by atoms with van der Waals surface area (Å²) in [5, 5.41) is 4.08. The maximum atomic E-state index is 5.96. The summed E-state index contributed by atoms with van der Waals surface area (Å²) in [6.45, 7) is 7.08. The molecule has 1 N–H and O–H groups in total. The first-order valence-corrected chi connectivity index (χ1v) is 6.94. The van der Waals surface area contributed by atoms with Gasteiger partial charge in [0, 0.05) is 28.9 Å². The van der Waals surface area contributed by atoms with Gasteiger partial charge in [0.25, 0.3) is 0 Å². The Hall–Kier alpha value is -1.58. The van der Waals surface area contributed by atoms with Crippen LogP contribution in [-0.2, 0) is 6.54 Å². The van der Waals surface area contributed by atoms with Gasteiger partial charge in [-0.1, -0.05) is 23.7 Å². The van der Waals surface area contributed by atoms with Crippen LogP contribution in [0.3, 0.4) is 0 Å². The van der Waals surface area contributed by atoms with Crippen molar-refractivity contribution in [1.82, 2.24) is 10.3 Å². The van der Waals surface area contributed by atoms with Crippen LogP contribution in [-0.4, -0.2) is 10.5 Å². The number of benzene rings is 1. The molecule has 0 radical (unpaired) electrons. The maximum Gasteiger partial charge on any atom is 0.223 e. The van der Waals surface area contributed by atoms with Crippen molar-refractivity contribution in [2.24, 2.45) is 0 Å². The van der Waals surface area contributed by atoms with Crippen molar-refractivity contribution in [3.63, 3.8) is 0 Å². The van der Waals surface area contributed by atoms with Crippen LogP contribution in [0.1, 0.15) is 26.3 Å². The molecule has 0 atom stereocenters. The predicted octanol–water partition coefficient (Wildman–Crippen LogP) is 4.42. The molecule has 0 unspecified atom stereocenters. The highest BCUT2D eigenvalue weighted by molar-refractivity contribution is 6.30. The van der Waals surface area contributed by atoms with E-state index in [0.717, 1.165) is 5.56 Å². The summed E-state index contributed by atoms with van der Waals surface area (Å²) in [6.07, 6.45) is 1.72. The van der Waals surface area contributed by atoms with Crippen LogP contribution in [0.2, 0.25) is 5.02 Å². The Bertz CT molecular complexity index is 579. The van der Waals surface area contributed by atoms with E-state index in [2.05, 4.69) is 31.1 Å². The average Bonchev–Trinajstić information content (AvgIpc) is 2.37. The quantitative estimate of drug-likeness (QED) is 0.905. The fraction of sp³-hybridized carbons (Fsp3) is 0.312. The molecule has 0 amide bonds. The van der Waals surface area contributed by atoms with Gasteiger partial charge in [0.2, 0.25) is 5.88 Å². The molecule has 106 valence electrons. The molecule has 0 saturated carbocycles. The number of rotatable bonds is 4. The van der Waals surface area contributed by atoms with E-state index in [1.54, 1.807) is 12.3 Å². The van der Waals surface area contributed by atoms with Crippen LogP contribution >= 0.6 is 11.6 Å². The molecule has 20 heavy (non-hydrogen) atoms. The van der Waals surface area contributed by atoms with Crippen molar-refractivity contribution in [2.75, 3.05) is 0 Å². The number of hydrogen-bond acceptors (Lipinski definition) is 3. The SMILES string of the molecule is CC(C)(C)NCc1cccnc1Oc1cccc(Cl)c1. The van der Waals surface area contributed by atoms with Crippen molar-refractivity contribution >= 4 is 11.6 Å². The summed E-state index contributed by atoms with van der Waals surface area (Å²) in [5.41, 5.74) is 1.06. The van der Waals surface area contributed by atoms with Crippen molar-refractivity contribution in [1.29, 1.82) is 0 Å². The van der Waals surface area contributed by atoms with Crippen LogP contribution in [0.25, 0.3) is 0 Å². The van der Waals surface area contributed by atoms with E-state index in [4.69, 9.17) is 16.3 Å². The minimum atomic E-state index is 0.0448. The standard InChI is InChI=1S/C16H19ClN2O/c1-16(2,3)19-11-12-6-5-9-18-15(12)20-14-8-4-7-13(17)10-14/h4-10,19H,11H2,1-3H3. The van der Waals surface area contributed by atoms with Crippen LogP contribution in [0, 0.1) is 0 Å². The monoisotopic (exact) mass is 290 g/mol. The minimum absolute atomic E-state index is 0.0448. The number of pyridine rings is 1. The van der Waals surface area contributed by atoms with Gasteiger partial charge in [-0.25, -0.2) is 4.98 Å². The lowest BCUT2D eigenvalue weighted by atomic mass is 10.1. The van der Waals surface area contributed by atoms with Crippen molar-refractivity contribution in [2.45, 2.75) is 32.9 Å². The second-order valence-corrected chi connectivity index (χ2v) is 6.07. The van der Waals surface area contributed by atoms with Crippen LogP contribution < -0.4 is 10.1 Å². The molecule has 2 aromatic rings. The predicted molar refractivity (Wildman–Crippen MR) is 82.4 cm³/mol. The van der Waals surface area contributed by atoms with E-state index >= 15 is 0 Å². The third-order valence-electron chi connectivity index (χ3n) is 2.67. The van der Waals surface area contributed by atoms with Crippen molar-refractivity contribution < 1.29 is 4.74 Å². The van der Waals surface area contributed by atoms with E-state index in [1.165, 1.54) is 0 Å². The number of halogens is 1. The first kappa shape index (κ1) is 14.8. The topological polar surface area (TPSA) is 34.2 Å². The summed E-state index contributed by atoms with van der Waals surface area (Å²) in [6, 6.07) is 11.2. The lowest BCUT2D eigenvalue weighted by molar-refractivity contribution is 0.409. The first-order chi connectivity index (χ1) is 9.44. The van der Waals surface area contributed by atoms with Gasteiger partial charge in [0.1, 0.15) is 5.75 Å². The summed E-state index contributed by atoms with van der Waals surface area (Å²) in [4.78, 5) is 4.30. The van der Waals surface area contributed by atoms with Gasteiger partial charge >= 0.3 is 0 Å². The summed E-state index contributed by atoms with van der Waals surface area (Å²) < 4.78 is 5.82. The van der Waals surface area contributed by atoms with E-state index in [-0.39, 0.29) is 5.54 Å². The normalized spacial score (nSPS) is 11.4. The molecule has 2 rings (SSSR count). The van der Waals surface area contributed by atoms with Crippen LogP contribution in [0.4, 0.5) is 0 Å². The fourth-order valence-electron chi connectivity index (χ4n) is 1.65. The third-order valence-corrected chi connectivity index (χ3v) is 2.90. The molecule has 1 heterocycles. The van der Waals surface area contributed by atoms with E-state index in [9.17, 15) is 0 Å². The molecule has 0 spiro atoms. The molecule has 3 nitrogen and oxygen atoms in total. The lowest BCUT2D eigenvalue weighted by Gasteiger charge is -2.21. The highest BCUT2D eigenvalue weighted by Crippen LogP contribution is 2.25. The number of hydrogen-bond donors (Lipinski definition) is 1. The minimum Gasteiger partial charge on any atom is -0.439 e. The van der Waals surface area contributed by atoms with E-state index in [1.807, 2.05) is 30.3 Å². The number of aromatic nitrogens is 1. The van der Waals surface area contributed by atoms with Gasteiger partial charge in [-0.05, 0) is 45.0 Å². The molecule has 0 aliphatic carbocycles. The van der Waals surface area contributed by atoms with Crippen LogP contribution in [0.15, 0.2) is 42.6 Å². The Labute approximate surface area is 124 Å². The molecule has 0 aliphatic rings. The Morgan fingerprint density at radius 2 is 2.00 bits per heavy atom. The molecular weight excluding hydrogens is 272 g/mol. The van der Waals surface area contributed by atoms with Gasteiger partial charge < -0.3 is 10.1 Å². The zero-order valence-electron chi connectivity index (χ0n) is 12.0. The Kier molecular flexibility index (Phi) is 4.63. The van der Waals surface area contributed by atoms with Gasteiger partial charge in [0.05, 0.1) is 0 Å². The van der Waals surface area contributed by atoms with Gasteiger partial charge in [-0.2, -0.15) is 0 Å². The zero-order valence-corrected chi connectivity index (χ0v) is 12.7. The van der Waals surface area contributed by atoms with E-state index in [0.29, 0.717) is 23.2 Å². The Morgan fingerprint density at radius 3 is 2.70 bits per heavy atom. The molecule has 4 heteroatoms. The number of nitrogens with zero attached hydrogens (tertiary/aromatic N) is 1. The second kappa shape index (κ2) is 6.25. The van der Waals surface area contributed by atoms with Gasteiger partial charge in [-0.3, -0.25) is 0 Å². The molecule has 1 aromatic heterocycles. The van der Waals surface area contributed by atoms with Crippen molar-refractivity contribution in [3.8, 4) is 11.6 Å². The highest BCUT2D eigenvalue weighted by Gasteiger charge is 2.12. The van der Waals surface area contributed by atoms with Gasteiger partial charge in [-0.15, -0.1) is 0 Å². The van der Waals surface area contributed by atoms with E-state index < -0.39 is 0 Å². The van der Waals surface area contributed by atoms with Crippen LogP contribution in [0.5, 0.6) is 11.6 Å². The highest BCUT2D eigenvalue weighted by atomic mass is 35.5. The largest absolute Gasteiger partial charge is 0.439 e. The lowest BCUT2D eigenvalue weighted by Crippen LogP contribution is -2.35. The first-order valence-electron chi connectivity index (χ1n) is 6.56. The number of nitrogens with one attached hydrogen (secondary N) is 1. The smallest absolute Gasteiger partial charge is 0.223 e. The molecule has 0 fully saturated rings. The molecule has 0 aliphatic heterocycles. The fourth-order valence-corrected chi connectivity index (χ4v) is 1.83. The molecule has 0 saturated heterocycles. The molecular formula is C16H19ClN2O. The Morgan fingerprint density at radius 1 is 1.20 bits per heavy atom. The third kappa shape index (κ3) is 4.51. The maximum absolute atomic E-state index is 5.96. The molecule has 1 aromatic carbocycles. The van der Waals surface area contributed by atoms with Gasteiger partial charge in [0.15, 0.2) is 0 Å². The van der Waals surface area contributed by atoms with Crippen molar-refractivity contribution in [3.05, 3.63) is 53.2 Å². The summed E-state index contributed by atoms with van der Waals surface area (Å²) >= 11 is 5.96. The second-order valence-electron chi connectivity index (χ2n) is 5.63. The number of ether oxygens (including phenoxy) is 1. The average molecular weight is 291 g/mol. The molecule has 0 bridgehead atoms. The summed E-state index contributed by atoms with van der Waals surface area (Å²) in [7, 11) is 0. The Balaban J connectivity index is 2.15.